The molecule has 0 spiro atoms. The zero-order valence-corrected chi connectivity index (χ0v) is 9.21. The number of hydrogen-bond donors (Lipinski definition) is 1. The van der Waals surface area contributed by atoms with Crippen LogP contribution in [0.15, 0.2) is 23.8 Å². The van der Waals surface area contributed by atoms with E-state index in [-0.39, 0.29) is 6.54 Å². The lowest BCUT2D eigenvalue weighted by atomic mass is 9.97. The molecule has 0 aromatic carbocycles. The molecule has 0 amide bonds. The Morgan fingerprint density at radius 3 is 2.94 bits per heavy atom. The highest BCUT2D eigenvalue weighted by Gasteiger charge is 2.27. The lowest BCUT2D eigenvalue weighted by molar-refractivity contribution is -0.490. The molecule has 0 radical (unpaired) electrons. The molecule has 0 saturated carbocycles. The summed E-state index contributed by atoms with van der Waals surface area (Å²) in [5.41, 5.74) is 1.46. The Kier molecular flexibility index (Phi) is 3.39. The number of hydrogen-bond acceptors (Lipinski definition) is 3. The van der Waals surface area contributed by atoms with Crippen LogP contribution in [0.25, 0.3) is 0 Å². The molecule has 0 saturated heterocycles. The summed E-state index contributed by atoms with van der Waals surface area (Å²) in [6, 6.07) is 0. The van der Waals surface area contributed by atoms with Crippen LogP contribution in [0.5, 0.6) is 0 Å². The van der Waals surface area contributed by atoms with E-state index < -0.39 is 11.0 Å². The number of nitrogens with zero attached hydrogens (tertiary/aromatic N) is 1. The molecule has 3 unspecified atom stereocenters. The molecular weight excluding hydrogens is 206 g/mol. The van der Waals surface area contributed by atoms with E-state index in [0.29, 0.717) is 18.3 Å². The first-order valence-corrected chi connectivity index (χ1v) is 5.84. The van der Waals surface area contributed by atoms with Crippen LogP contribution in [-0.4, -0.2) is 22.7 Å². The monoisotopic (exact) mass is 223 g/mol. The van der Waals surface area contributed by atoms with Gasteiger partial charge >= 0.3 is 0 Å². The molecule has 2 aliphatic rings. The van der Waals surface area contributed by atoms with E-state index in [2.05, 4.69) is 18.2 Å². The van der Waals surface area contributed by atoms with Crippen LogP contribution in [0, 0.1) is 22.0 Å². The Morgan fingerprint density at radius 2 is 2.38 bits per heavy atom. The molecule has 88 valence electrons. The molecule has 2 bridgehead atoms. The number of nitro groups is 1. The van der Waals surface area contributed by atoms with E-state index in [1.165, 1.54) is 12.0 Å². The Balaban J connectivity index is 1.66. The van der Waals surface area contributed by atoms with Crippen molar-refractivity contribution in [3.05, 3.63) is 33.9 Å². The van der Waals surface area contributed by atoms with Crippen molar-refractivity contribution in [3.63, 3.8) is 0 Å². The second kappa shape index (κ2) is 4.78. The molecule has 2 rings (SSSR count). The van der Waals surface area contributed by atoms with E-state index in [1.807, 2.05) is 0 Å². The first-order chi connectivity index (χ1) is 7.65. The van der Waals surface area contributed by atoms with Crippen LogP contribution in [0.2, 0.25) is 0 Å². The Bertz CT molecular complexity index is 335. The molecule has 4 heteroatoms. The minimum Gasteiger partial charge on any atom is -0.386 e. The van der Waals surface area contributed by atoms with Gasteiger partial charge in [-0.15, -0.1) is 0 Å². The quantitative estimate of drug-likeness (QED) is 0.425. The molecule has 0 aromatic rings. The number of aliphatic hydroxyl groups is 1. The average molecular weight is 223 g/mol. The third kappa shape index (κ3) is 2.70. The molecule has 0 aromatic heterocycles. The van der Waals surface area contributed by atoms with Crippen LogP contribution < -0.4 is 0 Å². The molecule has 0 aliphatic heterocycles. The fraction of sp³-hybridized carbons (Fsp3) is 0.667. The third-order valence-corrected chi connectivity index (χ3v) is 3.38. The zero-order chi connectivity index (χ0) is 11.5. The van der Waals surface area contributed by atoms with Gasteiger partial charge in [-0.25, -0.2) is 0 Å². The highest BCUT2D eigenvalue weighted by atomic mass is 16.6. The number of rotatable bonds is 6. The highest BCUT2D eigenvalue weighted by molar-refractivity contribution is 5.29. The van der Waals surface area contributed by atoms with Gasteiger partial charge in [-0.1, -0.05) is 23.8 Å². The van der Waals surface area contributed by atoms with Gasteiger partial charge in [-0.2, -0.15) is 0 Å². The van der Waals surface area contributed by atoms with Crippen molar-refractivity contribution in [2.24, 2.45) is 11.8 Å². The van der Waals surface area contributed by atoms with Crippen LogP contribution in [-0.2, 0) is 0 Å². The molecule has 16 heavy (non-hydrogen) atoms. The first-order valence-electron chi connectivity index (χ1n) is 5.84. The standard InChI is InChI=1S/C12H17NO3/c14-12(8-13(15)16)3-1-2-10-6-9-4-5-11(10)7-9/h4-6,9,11-12,14H,1-3,7-8H2. The van der Waals surface area contributed by atoms with Gasteiger partial charge in [0.2, 0.25) is 6.54 Å². The van der Waals surface area contributed by atoms with Gasteiger partial charge < -0.3 is 5.11 Å². The lowest BCUT2D eigenvalue weighted by Gasteiger charge is -2.10. The summed E-state index contributed by atoms with van der Waals surface area (Å²) in [7, 11) is 0. The molecular formula is C12H17NO3. The van der Waals surface area contributed by atoms with Crippen molar-refractivity contribution in [1.29, 1.82) is 0 Å². The zero-order valence-electron chi connectivity index (χ0n) is 9.21. The van der Waals surface area contributed by atoms with Gasteiger partial charge in [0.25, 0.3) is 0 Å². The minimum atomic E-state index is -0.787. The van der Waals surface area contributed by atoms with Crippen molar-refractivity contribution < 1.29 is 10.0 Å². The van der Waals surface area contributed by atoms with Gasteiger partial charge in [-0.05, 0) is 37.5 Å². The minimum absolute atomic E-state index is 0.328. The predicted octanol–water partition coefficient (Wildman–Crippen LogP) is 1.93. The van der Waals surface area contributed by atoms with E-state index >= 15 is 0 Å². The van der Waals surface area contributed by atoms with Crippen molar-refractivity contribution in [2.75, 3.05) is 6.54 Å². The normalized spacial score (nSPS) is 28.2. The van der Waals surface area contributed by atoms with Crippen molar-refractivity contribution >= 4 is 0 Å². The number of aliphatic hydroxyl groups excluding tert-OH is 1. The van der Waals surface area contributed by atoms with Gasteiger partial charge in [0.1, 0.15) is 6.10 Å². The fourth-order valence-corrected chi connectivity index (χ4v) is 2.60. The van der Waals surface area contributed by atoms with Gasteiger partial charge in [0.15, 0.2) is 0 Å². The summed E-state index contributed by atoms with van der Waals surface area (Å²) in [6.07, 6.45) is 9.59. The summed E-state index contributed by atoms with van der Waals surface area (Å²) in [5, 5.41) is 19.5. The topological polar surface area (TPSA) is 63.4 Å². The van der Waals surface area contributed by atoms with Gasteiger partial charge in [0, 0.05) is 4.92 Å². The first kappa shape index (κ1) is 11.3. The fourth-order valence-electron chi connectivity index (χ4n) is 2.60. The van der Waals surface area contributed by atoms with Crippen molar-refractivity contribution in [3.8, 4) is 0 Å². The largest absolute Gasteiger partial charge is 0.386 e. The Morgan fingerprint density at radius 1 is 1.56 bits per heavy atom. The number of fused-ring (bicyclic) bond motifs is 2. The van der Waals surface area contributed by atoms with Gasteiger partial charge in [0.05, 0.1) is 0 Å². The molecule has 1 N–H and O–H groups in total. The van der Waals surface area contributed by atoms with Crippen LogP contribution >= 0.6 is 0 Å². The second-order valence-corrected chi connectivity index (χ2v) is 4.69. The average Bonchev–Trinajstić information content (AvgIpc) is 2.77. The summed E-state index contributed by atoms with van der Waals surface area (Å²) in [6.45, 7) is -0.328. The predicted molar refractivity (Wildman–Crippen MR) is 60.5 cm³/mol. The summed E-state index contributed by atoms with van der Waals surface area (Å²) in [4.78, 5) is 9.70. The van der Waals surface area contributed by atoms with Gasteiger partial charge in [-0.3, -0.25) is 10.1 Å². The van der Waals surface area contributed by atoms with E-state index in [1.54, 1.807) is 0 Å². The third-order valence-electron chi connectivity index (χ3n) is 3.38. The van der Waals surface area contributed by atoms with Crippen molar-refractivity contribution in [2.45, 2.75) is 31.8 Å². The molecule has 4 nitrogen and oxygen atoms in total. The van der Waals surface area contributed by atoms with E-state index in [9.17, 15) is 15.2 Å². The SMILES string of the molecule is O=[N+]([O-])CC(O)CCCC1=CC2C=CC1C2. The van der Waals surface area contributed by atoms with Crippen LogP contribution in [0.4, 0.5) is 0 Å². The molecule has 2 aliphatic carbocycles. The van der Waals surface area contributed by atoms with Crippen LogP contribution in [0.3, 0.4) is 0 Å². The summed E-state index contributed by atoms with van der Waals surface area (Å²) >= 11 is 0. The smallest absolute Gasteiger partial charge is 0.229 e. The summed E-state index contributed by atoms with van der Waals surface area (Å²) < 4.78 is 0. The maximum Gasteiger partial charge on any atom is 0.229 e. The number of allylic oxidation sites excluding steroid dienone is 4. The lowest BCUT2D eigenvalue weighted by Crippen LogP contribution is -2.19. The Labute approximate surface area is 94.8 Å². The molecule has 0 fully saturated rings. The van der Waals surface area contributed by atoms with E-state index in [0.717, 1.165) is 12.8 Å². The second-order valence-electron chi connectivity index (χ2n) is 4.69. The molecule has 0 heterocycles. The Hall–Kier alpha value is -1.16. The van der Waals surface area contributed by atoms with E-state index in [4.69, 9.17) is 0 Å². The van der Waals surface area contributed by atoms with Crippen molar-refractivity contribution in [1.82, 2.24) is 0 Å². The maximum atomic E-state index is 10.2. The molecule has 3 atom stereocenters. The highest BCUT2D eigenvalue weighted by Crippen LogP contribution is 2.40. The van der Waals surface area contributed by atoms with Crippen LogP contribution in [0.1, 0.15) is 25.7 Å². The maximum absolute atomic E-state index is 10.2. The summed E-state index contributed by atoms with van der Waals surface area (Å²) in [5.74, 6) is 1.24.